The van der Waals surface area contributed by atoms with E-state index in [1.807, 2.05) is 47.4 Å². The number of carboxylic acid groups (broad SMARTS) is 1. The summed E-state index contributed by atoms with van der Waals surface area (Å²) in [5, 5.41) is 26.1. The Balaban J connectivity index is 1.46. The molecule has 0 bridgehead atoms. The van der Waals surface area contributed by atoms with Gasteiger partial charge in [-0.2, -0.15) is 0 Å². The van der Waals surface area contributed by atoms with Crippen LogP contribution >= 0.6 is 11.3 Å². The summed E-state index contributed by atoms with van der Waals surface area (Å²) in [6, 6.07) is 15.0. The molecule has 1 aliphatic rings. The van der Waals surface area contributed by atoms with Crippen LogP contribution in [0.25, 0.3) is 10.1 Å². The third-order valence-corrected chi connectivity index (χ3v) is 7.00. The van der Waals surface area contributed by atoms with Crippen molar-refractivity contribution in [1.82, 2.24) is 4.90 Å². The summed E-state index contributed by atoms with van der Waals surface area (Å²) in [5.74, 6) is -0.204. The Morgan fingerprint density at radius 3 is 2.62 bits per heavy atom. The summed E-state index contributed by atoms with van der Waals surface area (Å²) >= 11 is 1.46. The fourth-order valence-electron chi connectivity index (χ4n) is 3.97. The first-order valence-electron chi connectivity index (χ1n) is 10.5. The second kappa shape index (κ2) is 9.00. The summed E-state index contributed by atoms with van der Waals surface area (Å²) < 4.78 is 7.02. The molecule has 1 aromatic heterocycles. The minimum atomic E-state index is -0.864. The lowest BCUT2D eigenvalue weighted by Crippen LogP contribution is -2.28. The Bertz CT molecular complexity index is 1170. The van der Waals surface area contributed by atoms with Crippen molar-refractivity contribution < 1.29 is 14.6 Å². The van der Waals surface area contributed by atoms with E-state index in [-0.39, 0.29) is 11.9 Å². The number of nitrogens with zero attached hydrogens (tertiary/aromatic N) is 1. The predicted octanol–water partition coefficient (Wildman–Crippen LogP) is 4.05. The van der Waals surface area contributed by atoms with E-state index < -0.39 is 11.9 Å². The molecule has 0 spiro atoms. The third-order valence-electron chi connectivity index (χ3n) is 5.77. The van der Waals surface area contributed by atoms with Gasteiger partial charge in [0.25, 0.3) is 0 Å². The van der Waals surface area contributed by atoms with Crippen molar-refractivity contribution in [3.05, 3.63) is 64.5 Å². The number of carbonyl (C=O) groups is 1. The molecule has 7 nitrogen and oxygen atoms in total. The third kappa shape index (κ3) is 4.75. The molecule has 0 saturated carbocycles. The monoisotopic (exact) mass is 450 g/mol. The molecule has 0 aliphatic carbocycles. The largest absolute Gasteiger partial charge is 0.489 e. The molecular formula is C24H26N4O3S. The van der Waals surface area contributed by atoms with Crippen LogP contribution in [-0.4, -0.2) is 46.8 Å². The van der Waals surface area contributed by atoms with Gasteiger partial charge in [0, 0.05) is 28.1 Å². The highest BCUT2D eigenvalue weighted by Crippen LogP contribution is 2.34. The van der Waals surface area contributed by atoms with Crippen LogP contribution in [0, 0.1) is 10.8 Å². The normalized spacial score (nSPS) is 16.8. The Kier molecular flexibility index (Phi) is 6.14. The van der Waals surface area contributed by atoms with E-state index in [0.29, 0.717) is 17.8 Å². The van der Waals surface area contributed by atoms with Gasteiger partial charge in [0.05, 0.1) is 18.3 Å². The molecule has 4 rings (SSSR count). The van der Waals surface area contributed by atoms with Gasteiger partial charge in [0.15, 0.2) is 0 Å². The average Bonchev–Trinajstić information content (AvgIpc) is 3.39. The number of aliphatic carboxylic acids is 1. The first kappa shape index (κ1) is 21.8. The molecule has 0 radical (unpaired) electrons. The number of fused-ring (bicyclic) bond motifs is 1. The molecule has 32 heavy (non-hydrogen) atoms. The van der Waals surface area contributed by atoms with E-state index >= 15 is 0 Å². The quantitative estimate of drug-likeness (QED) is 0.319. The zero-order valence-corrected chi connectivity index (χ0v) is 18.6. The van der Waals surface area contributed by atoms with Crippen molar-refractivity contribution in [3.63, 3.8) is 0 Å². The fourth-order valence-corrected chi connectivity index (χ4v) is 5.11. The van der Waals surface area contributed by atoms with Gasteiger partial charge in [-0.1, -0.05) is 12.1 Å². The van der Waals surface area contributed by atoms with E-state index in [1.165, 1.54) is 11.3 Å². The molecule has 1 unspecified atom stereocenters. The standard InChI is InChI=1S/C24H26N4O3S/c1-14(25)28-9-8-19(13-28)31-18-5-2-15(3-6-18)10-20(24(29)30)22-12-17-11-16(23(26)27)4-7-21(17)32-22/h2-7,11-12,19-20,25H,8-10,13H2,1H3,(H3,26,27)(H,29,30)/t19-,20?/m0/s1. The second-order valence-corrected chi connectivity index (χ2v) is 9.23. The summed E-state index contributed by atoms with van der Waals surface area (Å²) in [5.41, 5.74) is 7.13. The number of thiophene rings is 1. The number of carboxylic acids is 1. The smallest absolute Gasteiger partial charge is 0.312 e. The van der Waals surface area contributed by atoms with E-state index in [4.69, 9.17) is 21.3 Å². The summed E-state index contributed by atoms with van der Waals surface area (Å²) in [6.07, 6.45) is 1.33. The van der Waals surface area contributed by atoms with Crippen molar-refractivity contribution >= 4 is 39.1 Å². The number of ether oxygens (including phenoxy) is 1. The number of rotatable bonds is 7. The van der Waals surface area contributed by atoms with Crippen molar-refractivity contribution in [1.29, 1.82) is 10.8 Å². The zero-order chi connectivity index (χ0) is 22.8. The van der Waals surface area contributed by atoms with Crippen LogP contribution in [0.3, 0.4) is 0 Å². The van der Waals surface area contributed by atoms with Gasteiger partial charge in [-0.15, -0.1) is 11.3 Å². The molecule has 8 heteroatoms. The lowest BCUT2D eigenvalue weighted by Gasteiger charge is -2.17. The molecule has 166 valence electrons. The number of nitrogen functional groups attached to an aromatic ring is 1. The Hall–Kier alpha value is -3.39. The Morgan fingerprint density at radius 2 is 2.00 bits per heavy atom. The maximum Gasteiger partial charge on any atom is 0.312 e. The minimum absolute atomic E-state index is 0.00462. The van der Waals surface area contributed by atoms with Gasteiger partial charge in [0.1, 0.15) is 17.7 Å². The van der Waals surface area contributed by atoms with Crippen molar-refractivity contribution in [2.45, 2.75) is 31.8 Å². The highest BCUT2D eigenvalue weighted by atomic mass is 32.1. The van der Waals surface area contributed by atoms with Gasteiger partial charge in [-0.05, 0) is 60.7 Å². The van der Waals surface area contributed by atoms with E-state index in [0.717, 1.165) is 45.8 Å². The fraction of sp³-hybridized carbons (Fsp3) is 0.292. The average molecular weight is 451 g/mol. The molecule has 3 aromatic rings. The number of benzene rings is 2. The Labute approximate surface area is 190 Å². The number of amidine groups is 2. The van der Waals surface area contributed by atoms with Crippen molar-refractivity contribution in [2.24, 2.45) is 5.73 Å². The Morgan fingerprint density at radius 1 is 1.25 bits per heavy atom. The molecule has 2 aromatic carbocycles. The zero-order valence-electron chi connectivity index (χ0n) is 17.8. The van der Waals surface area contributed by atoms with E-state index in [1.54, 1.807) is 13.0 Å². The number of hydrogen-bond donors (Lipinski definition) is 4. The molecule has 2 atom stereocenters. The van der Waals surface area contributed by atoms with Crippen LogP contribution < -0.4 is 10.5 Å². The van der Waals surface area contributed by atoms with Gasteiger partial charge in [0.2, 0.25) is 0 Å². The van der Waals surface area contributed by atoms with Crippen LogP contribution in [0.2, 0.25) is 0 Å². The summed E-state index contributed by atoms with van der Waals surface area (Å²) in [4.78, 5) is 14.8. The number of hydrogen-bond acceptors (Lipinski definition) is 5. The van der Waals surface area contributed by atoms with E-state index in [2.05, 4.69) is 0 Å². The second-order valence-electron chi connectivity index (χ2n) is 8.11. The van der Waals surface area contributed by atoms with Gasteiger partial charge in [-0.3, -0.25) is 15.6 Å². The van der Waals surface area contributed by atoms with Crippen LogP contribution in [0.15, 0.2) is 48.5 Å². The van der Waals surface area contributed by atoms with Crippen molar-refractivity contribution in [2.75, 3.05) is 13.1 Å². The highest BCUT2D eigenvalue weighted by Gasteiger charge is 2.25. The van der Waals surface area contributed by atoms with Gasteiger partial charge in [-0.25, -0.2) is 0 Å². The molecule has 5 N–H and O–H groups in total. The summed E-state index contributed by atoms with van der Waals surface area (Å²) in [6.45, 7) is 3.34. The van der Waals surface area contributed by atoms with Crippen LogP contribution in [0.1, 0.15) is 35.3 Å². The molecule has 1 saturated heterocycles. The molecule has 2 heterocycles. The molecular weight excluding hydrogens is 424 g/mol. The van der Waals surface area contributed by atoms with Crippen LogP contribution in [0.4, 0.5) is 0 Å². The maximum atomic E-state index is 12.0. The lowest BCUT2D eigenvalue weighted by molar-refractivity contribution is -0.138. The maximum absolute atomic E-state index is 12.0. The first-order chi connectivity index (χ1) is 15.3. The summed E-state index contributed by atoms with van der Waals surface area (Å²) in [7, 11) is 0. The van der Waals surface area contributed by atoms with Crippen LogP contribution in [0.5, 0.6) is 5.75 Å². The number of likely N-dealkylation sites (tertiary alicyclic amines) is 1. The minimum Gasteiger partial charge on any atom is -0.489 e. The van der Waals surface area contributed by atoms with E-state index in [9.17, 15) is 9.90 Å². The highest BCUT2D eigenvalue weighted by molar-refractivity contribution is 7.19. The SMILES string of the molecule is CC(=N)N1CC[C@H](Oc2ccc(CC(C(=O)O)c3cc4cc(C(=N)N)ccc4s3)cc2)C1. The van der Waals surface area contributed by atoms with Gasteiger partial charge < -0.3 is 20.5 Å². The van der Waals surface area contributed by atoms with Gasteiger partial charge >= 0.3 is 5.97 Å². The molecule has 0 amide bonds. The number of nitrogens with one attached hydrogen (secondary N) is 2. The van der Waals surface area contributed by atoms with Crippen LogP contribution in [-0.2, 0) is 11.2 Å². The van der Waals surface area contributed by atoms with Crippen molar-refractivity contribution in [3.8, 4) is 5.75 Å². The molecule has 1 aliphatic heterocycles. The topological polar surface area (TPSA) is 123 Å². The predicted molar refractivity (Wildman–Crippen MR) is 127 cm³/mol. The first-order valence-corrected chi connectivity index (χ1v) is 11.3. The molecule has 1 fully saturated rings. The number of nitrogens with two attached hydrogens (primary N) is 1. The lowest BCUT2D eigenvalue weighted by atomic mass is 9.97.